The second-order valence-electron chi connectivity index (χ2n) is 17.8. The third-order valence-electron chi connectivity index (χ3n) is 10.8. The van der Waals surface area contributed by atoms with E-state index < -0.39 is 77.1 Å². The standard InChI is InChI=1S/C39H59N7O7/c1-37(2,3)31(43-36(53)44-38(4,5)6)35(52)46-21-24-26(39(24,7)8)29(46)32(49)42-27(22-18-14-15-19-22)30(48)33(50)40-20-25(47)41-28(34(51)45(9)10)23-16-12-11-13-17-23/h11-13,16-17,22,24,26-29,31H,14-15,18-21H2,1-10H3,(H,40,50)(H,41,47)(H,42,49)(H2,43,44,53)/t24-,26-,27-,28-,29-,31+/m0/s1. The lowest BCUT2D eigenvalue weighted by Crippen LogP contribution is -2.62. The predicted octanol–water partition coefficient (Wildman–Crippen LogP) is 2.29. The van der Waals surface area contributed by atoms with Gasteiger partial charge >= 0.3 is 6.03 Å². The number of carbonyl (C=O) groups is 7. The summed E-state index contributed by atoms with van der Waals surface area (Å²) in [5.41, 5.74) is -0.895. The minimum absolute atomic E-state index is 0.0488. The molecule has 5 N–H and O–H groups in total. The van der Waals surface area contributed by atoms with E-state index in [-0.39, 0.29) is 29.1 Å². The topological polar surface area (TPSA) is 186 Å². The Kier molecular flexibility index (Phi) is 12.3. The molecule has 0 unspecified atom stereocenters. The van der Waals surface area contributed by atoms with E-state index in [0.717, 1.165) is 12.8 Å². The summed E-state index contributed by atoms with van der Waals surface area (Å²) < 4.78 is 0. The Morgan fingerprint density at radius 2 is 1.49 bits per heavy atom. The summed E-state index contributed by atoms with van der Waals surface area (Å²) in [6, 6.07) is 4.18. The number of amides is 7. The lowest BCUT2D eigenvalue weighted by Gasteiger charge is -2.38. The average Bonchev–Trinajstić information content (AvgIpc) is 3.50. The Morgan fingerprint density at radius 1 is 0.887 bits per heavy atom. The van der Waals surface area contributed by atoms with Crippen molar-refractivity contribution < 1.29 is 33.6 Å². The maximum atomic E-state index is 14.3. The van der Waals surface area contributed by atoms with E-state index in [4.69, 9.17) is 0 Å². The first-order valence-corrected chi connectivity index (χ1v) is 18.6. The molecule has 6 atom stereocenters. The number of likely N-dealkylation sites (N-methyl/N-ethyl adjacent to an activating group) is 1. The molecule has 0 radical (unpaired) electrons. The summed E-state index contributed by atoms with van der Waals surface area (Å²) in [5, 5.41) is 13.6. The third-order valence-corrected chi connectivity index (χ3v) is 10.8. The number of carbonyl (C=O) groups excluding carboxylic acids is 7. The van der Waals surface area contributed by atoms with Crippen LogP contribution in [0.2, 0.25) is 0 Å². The van der Waals surface area contributed by atoms with Gasteiger partial charge in [-0.15, -0.1) is 0 Å². The van der Waals surface area contributed by atoms with E-state index in [2.05, 4.69) is 26.6 Å². The number of hydrogen-bond acceptors (Lipinski definition) is 7. The fourth-order valence-corrected chi connectivity index (χ4v) is 7.85. The molecule has 0 bridgehead atoms. The van der Waals surface area contributed by atoms with Gasteiger partial charge in [0.25, 0.3) is 5.91 Å². The van der Waals surface area contributed by atoms with Gasteiger partial charge in [0.2, 0.25) is 29.4 Å². The van der Waals surface area contributed by atoms with Gasteiger partial charge in [-0.2, -0.15) is 0 Å². The lowest BCUT2D eigenvalue weighted by atomic mass is 9.85. The molecule has 292 valence electrons. The van der Waals surface area contributed by atoms with Gasteiger partial charge in [-0.25, -0.2) is 4.79 Å². The molecule has 7 amide bonds. The highest BCUT2D eigenvalue weighted by molar-refractivity contribution is 6.38. The van der Waals surface area contributed by atoms with E-state index in [1.54, 1.807) is 44.4 Å². The van der Waals surface area contributed by atoms with Crippen LogP contribution in [-0.4, -0.2) is 102 Å². The molecule has 3 aliphatic rings. The van der Waals surface area contributed by atoms with Gasteiger partial charge in [0.05, 0.1) is 6.54 Å². The van der Waals surface area contributed by atoms with E-state index in [1.807, 2.05) is 55.4 Å². The highest BCUT2D eigenvalue weighted by atomic mass is 16.2. The molecule has 1 heterocycles. The largest absolute Gasteiger partial charge is 0.347 e. The van der Waals surface area contributed by atoms with E-state index in [9.17, 15) is 33.6 Å². The first-order valence-electron chi connectivity index (χ1n) is 18.6. The number of likely N-dealkylation sites (tertiary alicyclic amines) is 1. The summed E-state index contributed by atoms with van der Waals surface area (Å²) in [4.78, 5) is 97.4. The number of fused-ring (bicyclic) bond motifs is 1. The van der Waals surface area contributed by atoms with Crippen LogP contribution in [0.4, 0.5) is 4.79 Å². The molecule has 3 fully saturated rings. The molecule has 1 aromatic rings. The Hall–Kier alpha value is -4.49. The summed E-state index contributed by atoms with van der Waals surface area (Å²) in [6.07, 6.45) is 2.91. The van der Waals surface area contributed by atoms with Crippen molar-refractivity contribution in [3.05, 3.63) is 35.9 Å². The highest BCUT2D eigenvalue weighted by Gasteiger charge is 2.70. The van der Waals surface area contributed by atoms with Gasteiger partial charge in [0.1, 0.15) is 24.2 Å². The minimum Gasteiger partial charge on any atom is -0.347 e. The van der Waals surface area contributed by atoms with Crippen LogP contribution >= 0.6 is 0 Å². The summed E-state index contributed by atoms with van der Waals surface area (Å²) >= 11 is 0. The molecular formula is C39H59N7O7. The number of hydrogen-bond donors (Lipinski definition) is 5. The maximum absolute atomic E-state index is 14.3. The van der Waals surface area contributed by atoms with E-state index in [1.165, 1.54) is 9.80 Å². The zero-order chi connectivity index (χ0) is 39.6. The number of nitrogens with zero attached hydrogens (tertiary/aromatic N) is 2. The number of ketones is 1. The first kappa shape index (κ1) is 41.3. The molecule has 1 aromatic carbocycles. The van der Waals surface area contributed by atoms with Crippen LogP contribution < -0.4 is 26.6 Å². The molecular weight excluding hydrogens is 678 g/mol. The Labute approximate surface area is 313 Å². The van der Waals surface area contributed by atoms with Crippen LogP contribution in [0.1, 0.15) is 92.7 Å². The van der Waals surface area contributed by atoms with Crippen molar-refractivity contribution >= 4 is 41.4 Å². The van der Waals surface area contributed by atoms with Crippen molar-refractivity contribution in [3.8, 4) is 0 Å². The molecule has 2 saturated carbocycles. The van der Waals surface area contributed by atoms with Crippen LogP contribution in [0.15, 0.2) is 30.3 Å². The molecule has 4 rings (SSSR count). The van der Waals surface area contributed by atoms with Gasteiger partial charge in [0.15, 0.2) is 0 Å². The molecule has 53 heavy (non-hydrogen) atoms. The second-order valence-corrected chi connectivity index (χ2v) is 17.8. The normalized spacial score (nSPS) is 22.4. The quantitative estimate of drug-likeness (QED) is 0.204. The molecule has 2 aliphatic carbocycles. The highest BCUT2D eigenvalue weighted by Crippen LogP contribution is 2.65. The Morgan fingerprint density at radius 3 is 2.04 bits per heavy atom. The van der Waals surface area contributed by atoms with Crippen molar-refractivity contribution in [1.29, 1.82) is 0 Å². The first-order chi connectivity index (χ1) is 24.5. The van der Waals surface area contributed by atoms with Crippen LogP contribution in [0, 0.1) is 28.6 Å². The van der Waals surface area contributed by atoms with Crippen LogP contribution in [-0.2, 0) is 28.8 Å². The average molecular weight is 738 g/mol. The fourth-order valence-electron chi connectivity index (χ4n) is 7.85. The van der Waals surface area contributed by atoms with Crippen LogP contribution in [0.3, 0.4) is 0 Å². The molecule has 14 nitrogen and oxygen atoms in total. The predicted molar refractivity (Wildman–Crippen MR) is 199 cm³/mol. The number of benzene rings is 1. The van der Waals surface area contributed by atoms with Crippen molar-refractivity contribution in [1.82, 2.24) is 36.4 Å². The number of rotatable bonds is 12. The van der Waals surface area contributed by atoms with Crippen LogP contribution in [0.25, 0.3) is 0 Å². The third kappa shape index (κ3) is 9.74. The molecule has 0 spiro atoms. The Bertz CT molecular complexity index is 1570. The van der Waals surface area contributed by atoms with Crippen molar-refractivity contribution in [2.75, 3.05) is 27.2 Å². The van der Waals surface area contributed by atoms with Gasteiger partial charge in [-0.1, -0.05) is 77.8 Å². The number of piperidine rings is 1. The van der Waals surface area contributed by atoms with Crippen molar-refractivity contribution in [3.63, 3.8) is 0 Å². The zero-order valence-corrected chi connectivity index (χ0v) is 32.9. The van der Waals surface area contributed by atoms with Gasteiger partial charge in [-0.3, -0.25) is 28.8 Å². The lowest BCUT2D eigenvalue weighted by molar-refractivity contribution is -0.146. The number of Topliss-reactive ketones (excluding diaryl/α,β-unsaturated/α-hetero) is 1. The monoisotopic (exact) mass is 737 g/mol. The van der Waals surface area contributed by atoms with Crippen molar-refractivity contribution in [2.45, 2.75) is 111 Å². The van der Waals surface area contributed by atoms with E-state index >= 15 is 0 Å². The van der Waals surface area contributed by atoms with Crippen molar-refractivity contribution in [2.24, 2.45) is 28.6 Å². The molecule has 0 aromatic heterocycles. The smallest absolute Gasteiger partial charge is 0.315 e. The van der Waals surface area contributed by atoms with Crippen LogP contribution in [0.5, 0.6) is 0 Å². The maximum Gasteiger partial charge on any atom is 0.315 e. The molecule has 1 saturated heterocycles. The van der Waals surface area contributed by atoms with Gasteiger partial charge < -0.3 is 36.4 Å². The number of urea groups is 1. The number of nitrogens with one attached hydrogen (secondary N) is 5. The van der Waals surface area contributed by atoms with Gasteiger partial charge in [-0.05, 0) is 67.8 Å². The van der Waals surface area contributed by atoms with Gasteiger partial charge in [0, 0.05) is 26.2 Å². The second kappa shape index (κ2) is 15.9. The zero-order valence-electron chi connectivity index (χ0n) is 32.9. The molecule has 14 heteroatoms. The Balaban J connectivity index is 1.49. The van der Waals surface area contributed by atoms with E-state index in [0.29, 0.717) is 24.9 Å². The fraction of sp³-hybridized carbons (Fsp3) is 0.667. The minimum atomic E-state index is -1.16. The summed E-state index contributed by atoms with van der Waals surface area (Å²) in [6.45, 7) is 14.9. The molecule has 1 aliphatic heterocycles. The SMILES string of the molecule is CN(C)C(=O)[C@@H](NC(=O)CNC(=O)C(=O)[C@@H](NC(=O)[C@@H]1[C@@H]2[C@H](CN1C(=O)[C@@H](NC(=O)NC(C)(C)C)C(C)(C)C)C2(C)C)C1CCCC1)c1ccccc1. The summed E-state index contributed by atoms with van der Waals surface area (Å²) in [7, 11) is 3.14. The summed E-state index contributed by atoms with van der Waals surface area (Å²) in [5.74, 6) is -4.28.